The molecule has 0 aromatic heterocycles. The normalized spacial score (nSPS) is 14.4. The van der Waals surface area contributed by atoms with Crippen LogP contribution < -0.4 is 0 Å². The van der Waals surface area contributed by atoms with Crippen molar-refractivity contribution in [2.75, 3.05) is 26.4 Å². The number of aliphatic hydroxyl groups is 2. The Balaban J connectivity index is 4.40. The first-order valence-corrected chi connectivity index (χ1v) is 23.7. The zero-order valence-electron chi connectivity index (χ0n) is 35.8. The van der Waals surface area contributed by atoms with Crippen molar-refractivity contribution in [3.8, 4) is 0 Å². The maximum absolute atomic E-state index is 12.6. The van der Waals surface area contributed by atoms with Gasteiger partial charge in [-0.25, -0.2) is 4.57 Å². The van der Waals surface area contributed by atoms with Gasteiger partial charge >= 0.3 is 19.8 Å². The van der Waals surface area contributed by atoms with Crippen molar-refractivity contribution < 1.29 is 47.8 Å². The van der Waals surface area contributed by atoms with Gasteiger partial charge in [-0.05, 0) is 51.4 Å². The van der Waals surface area contributed by atoms with Gasteiger partial charge in [0.15, 0.2) is 6.10 Å². The summed E-state index contributed by atoms with van der Waals surface area (Å²) in [6, 6.07) is 0. The van der Waals surface area contributed by atoms with Crippen LogP contribution in [0.25, 0.3) is 0 Å². The molecule has 0 spiro atoms. The minimum atomic E-state index is -4.63. The van der Waals surface area contributed by atoms with Gasteiger partial charge in [-0.1, -0.05) is 177 Å². The molecule has 0 heterocycles. The first-order valence-electron chi connectivity index (χ1n) is 22.2. The molecule has 0 rings (SSSR count). The number of allylic oxidation sites excluding steroid dienone is 10. The van der Waals surface area contributed by atoms with Crippen LogP contribution in [0.1, 0.15) is 181 Å². The van der Waals surface area contributed by atoms with Gasteiger partial charge in [0, 0.05) is 12.8 Å². The van der Waals surface area contributed by atoms with E-state index in [0.29, 0.717) is 12.8 Å². The smallest absolute Gasteiger partial charge is 0.462 e. The van der Waals surface area contributed by atoms with Crippen molar-refractivity contribution in [3.63, 3.8) is 0 Å². The van der Waals surface area contributed by atoms with Crippen molar-refractivity contribution in [1.82, 2.24) is 0 Å². The van der Waals surface area contributed by atoms with E-state index in [-0.39, 0.29) is 19.4 Å². The molecule has 11 heteroatoms. The predicted molar refractivity (Wildman–Crippen MR) is 233 cm³/mol. The zero-order valence-corrected chi connectivity index (χ0v) is 36.7. The van der Waals surface area contributed by atoms with E-state index < -0.39 is 51.8 Å². The van der Waals surface area contributed by atoms with E-state index in [0.717, 1.165) is 44.9 Å². The number of phosphoric ester groups is 1. The molecule has 0 radical (unpaired) electrons. The predicted octanol–water partition coefficient (Wildman–Crippen LogP) is 11.9. The molecule has 57 heavy (non-hydrogen) atoms. The summed E-state index contributed by atoms with van der Waals surface area (Å²) in [6.45, 7) is 2.27. The molecule has 0 amide bonds. The van der Waals surface area contributed by atoms with Crippen LogP contribution in [-0.4, -0.2) is 65.7 Å². The minimum absolute atomic E-state index is 0.117. The average molecular weight is 825 g/mol. The third-order valence-electron chi connectivity index (χ3n) is 9.19. The average Bonchev–Trinajstić information content (AvgIpc) is 3.20. The van der Waals surface area contributed by atoms with E-state index in [1.165, 1.54) is 96.3 Å². The second-order valence-corrected chi connectivity index (χ2v) is 16.2. The number of carbonyl (C=O) groups is 2. The van der Waals surface area contributed by atoms with Crippen LogP contribution in [0, 0.1) is 0 Å². The van der Waals surface area contributed by atoms with E-state index in [1.807, 2.05) is 12.2 Å². The van der Waals surface area contributed by atoms with Crippen molar-refractivity contribution >= 4 is 19.8 Å². The van der Waals surface area contributed by atoms with Gasteiger partial charge in [-0.3, -0.25) is 18.6 Å². The lowest BCUT2D eigenvalue weighted by atomic mass is 10.0. The lowest BCUT2D eigenvalue weighted by molar-refractivity contribution is -0.161. The first-order chi connectivity index (χ1) is 27.7. The number of esters is 2. The van der Waals surface area contributed by atoms with Gasteiger partial charge in [0.05, 0.1) is 19.8 Å². The van der Waals surface area contributed by atoms with Crippen LogP contribution >= 0.6 is 7.82 Å². The summed E-state index contributed by atoms with van der Waals surface area (Å²) in [5.41, 5.74) is 0. The van der Waals surface area contributed by atoms with Gasteiger partial charge in [0.25, 0.3) is 0 Å². The van der Waals surface area contributed by atoms with Crippen LogP contribution in [0.4, 0.5) is 0 Å². The van der Waals surface area contributed by atoms with Crippen molar-refractivity contribution in [2.24, 2.45) is 0 Å². The quantitative estimate of drug-likeness (QED) is 0.0235. The SMILES string of the molecule is CCCCC/C=C\C/C=C\C/C=C\C/C=C\C/C=C\CCC(=O)OC[C@H](COP(=O)(O)OC[C@@H](O)CO)OC(=O)CCCCCCCCCCCCCCCCC. The maximum Gasteiger partial charge on any atom is 0.472 e. The number of ether oxygens (including phenoxy) is 2. The van der Waals surface area contributed by atoms with E-state index >= 15 is 0 Å². The largest absolute Gasteiger partial charge is 0.472 e. The summed E-state index contributed by atoms with van der Waals surface area (Å²) in [5, 5.41) is 18.3. The number of carbonyl (C=O) groups excluding carboxylic acids is 2. The third kappa shape index (κ3) is 41.6. The molecule has 3 N–H and O–H groups in total. The Morgan fingerprint density at radius 2 is 0.947 bits per heavy atom. The van der Waals surface area contributed by atoms with E-state index in [1.54, 1.807) is 0 Å². The molecule has 3 atom stereocenters. The minimum Gasteiger partial charge on any atom is -0.462 e. The topological polar surface area (TPSA) is 149 Å². The molecule has 0 aromatic carbocycles. The fourth-order valence-corrected chi connectivity index (χ4v) is 6.53. The summed E-state index contributed by atoms with van der Waals surface area (Å²) >= 11 is 0. The monoisotopic (exact) mass is 825 g/mol. The lowest BCUT2D eigenvalue weighted by Gasteiger charge is -2.20. The lowest BCUT2D eigenvalue weighted by Crippen LogP contribution is -2.29. The molecule has 0 saturated carbocycles. The molecule has 330 valence electrons. The zero-order chi connectivity index (χ0) is 41.9. The molecule has 0 aromatic rings. The van der Waals surface area contributed by atoms with Gasteiger partial charge < -0.3 is 24.6 Å². The Morgan fingerprint density at radius 3 is 1.44 bits per heavy atom. The van der Waals surface area contributed by atoms with Gasteiger partial charge in [0.2, 0.25) is 0 Å². The number of hydrogen-bond donors (Lipinski definition) is 3. The molecule has 1 unspecified atom stereocenters. The highest BCUT2D eigenvalue weighted by atomic mass is 31.2. The summed E-state index contributed by atoms with van der Waals surface area (Å²) in [4.78, 5) is 35.0. The van der Waals surface area contributed by atoms with Crippen LogP contribution in [0.15, 0.2) is 60.8 Å². The molecule has 0 aliphatic rings. The van der Waals surface area contributed by atoms with Crippen molar-refractivity contribution in [1.29, 1.82) is 0 Å². The fraction of sp³-hybridized carbons (Fsp3) is 0.739. The first kappa shape index (κ1) is 54.7. The maximum atomic E-state index is 12.6. The number of hydrogen-bond acceptors (Lipinski definition) is 9. The fourth-order valence-electron chi connectivity index (χ4n) is 5.74. The summed E-state index contributed by atoms with van der Waals surface area (Å²) in [5.74, 6) is -1.02. The second kappa shape index (κ2) is 41.8. The van der Waals surface area contributed by atoms with Crippen molar-refractivity contribution in [2.45, 2.75) is 193 Å². The highest BCUT2D eigenvalue weighted by molar-refractivity contribution is 7.47. The molecule has 0 aliphatic heterocycles. The Bertz CT molecular complexity index is 1130. The van der Waals surface area contributed by atoms with Crippen LogP contribution in [0.5, 0.6) is 0 Å². The van der Waals surface area contributed by atoms with Crippen LogP contribution in [0.3, 0.4) is 0 Å². The third-order valence-corrected chi connectivity index (χ3v) is 10.1. The van der Waals surface area contributed by atoms with Crippen molar-refractivity contribution in [3.05, 3.63) is 60.8 Å². The summed E-state index contributed by atoms with van der Waals surface area (Å²) in [6.07, 6.45) is 46.3. The highest BCUT2D eigenvalue weighted by Gasteiger charge is 2.27. The van der Waals surface area contributed by atoms with Crippen LogP contribution in [-0.2, 0) is 32.7 Å². The number of unbranched alkanes of at least 4 members (excludes halogenated alkanes) is 17. The molecule has 10 nitrogen and oxygen atoms in total. The molecular formula is C46H81O10P. The van der Waals surface area contributed by atoms with E-state index in [2.05, 4.69) is 67.0 Å². The molecule has 0 saturated heterocycles. The van der Waals surface area contributed by atoms with Crippen LogP contribution in [0.2, 0.25) is 0 Å². The van der Waals surface area contributed by atoms with Gasteiger partial charge in [-0.15, -0.1) is 0 Å². The highest BCUT2D eigenvalue weighted by Crippen LogP contribution is 2.43. The number of phosphoric acid groups is 1. The Labute approximate surface area is 346 Å². The molecule has 0 fully saturated rings. The van der Waals surface area contributed by atoms with E-state index in [4.69, 9.17) is 19.1 Å². The Morgan fingerprint density at radius 1 is 0.526 bits per heavy atom. The Hall–Kier alpha value is -2.33. The molecular weight excluding hydrogens is 743 g/mol. The Kier molecular flexibility index (Phi) is 40.1. The van der Waals surface area contributed by atoms with E-state index in [9.17, 15) is 24.2 Å². The molecule has 0 bridgehead atoms. The summed E-state index contributed by atoms with van der Waals surface area (Å²) in [7, 11) is -4.63. The van der Waals surface area contributed by atoms with Gasteiger partial charge in [-0.2, -0.15) is 0 Å². The second-order valence-electron chi connectivity index (χ2n) is 14.7. The molecule has 0 aliphatic carbocycles. The number of rotatable bonds is 41. The standard InChI is InChI=1S/C46H81O10P/c1-3-5-7-9-11-13-15-17-19-20-21-22-24-25-27-29-31-33-35-37-45(49)53-41-44(42-55-57(51,52)54-40-43(48)39-47)56-46(50)38-36-34-32-30-28-26-23-18-16-14-12-10-8-6-4-2/h11,13,17,19,21-22,25,27,31,33,43-44,47-48H,3-10,12,14-16,18,20,23-24,26,28-30,32,34-42H2,1-2H3,(H,51,52)/b13-11-,19-17-,22-21-,27-25-,33-31-/t43-,44+/m0/s1. The summed E-state index contributed by atoms with van der Waals surface area (Å²) < 4.78 is 32.6. The number of aliphatic hydroxyl groups excluding tert-OH is 2. The van der Waals surface area contributed by atoms with Gasteiger partial charge in [0.1, 0.15) is 12.7 Å².